The zero-order valence-corrected chi connectivity index (χ0v) is 21.3. The zero-order valence-electron chi connectivity index (χ0n) is 16.5. The summed E-state index contributed by atoms with van der Waals surface area (Å²) in [5, 5.41) is 6.39. The van der Waals surface area contributed by atoms with Gasteiger partial charge < -0.3 is 9.47 Å². The fourth-order valence-corrected chi connectivity index (χ4v) is 7.44. The Bertz CT molecular complexity index is 1380. The van der Waals surface area contributed by atoms with Crippen molar-refractivity contribution in [2.45, 2.75) is 13.8 Å². The molecule has 4 aromatic heterocycles. The van der Waals surface area contributed by atoms with E-state index in [0.29, 0.717) is 51.5 Å². The molecule has 0 radical (unpaired) electrons. The second-order valence-electron chi connectivity index (χ2n) is 6.75. The van der Waals surface area contributed by atoms with E-state index in [9.17, 15) is 9.59 Å². The molecule has 0 aliphatic heterocycles. The third-order valence-electron chi connectivity index (χ3n) is 4.76. The molecule has 0 aliphatic rings. The van der Waals surface area contributed by atoms with Gasteiger partial charge in [0.15, 0.2) is 10.1 Å². The Kier molecular flexibility index (Phi) is 5.77. The number of aryl methyl sites for hydroxylation is 2. The van der Waals surface area contributed by atoms with Crippen molar-refractivity contribution in [1.82, 2.24) is 0 Å². The first kappa shape index (κ1) is 21.9. The van der Waals surface area contributed by atoms with E-state index in [1.165, 1.54) is 45.3 Å². The van der Waals surface area contributed by atoms with Crippen molar-refractivity contribution < 1.29 is 19.1 Å². The number of esters is 2. The van der Waals surface area contributed by atoms with E-state index >= 15 is 0 Å². The predicted molar refractivity (Wildman–Crippen MR) is 135 cm³/mol. The molecule has 10 heteroatoms. The SMILES string of the molecule is Cc1sc2c(C(=O)Oc3cccs3)c3c(Cl)c(C)sc3c(C(=O)Oc3cccs3)c2c1Cl. The third-order valence-corrected chi connectivity index (χ3v) is 9.66. The lowest BCUT2D eigenvalue weighted by atomic mass is 10.0. The normalized spacial score (nSPS) is 11.4. The van der Waals surface area contributed by atoms with Gasteiger partial charge in [0.1, 0.15) is 0 Å². The monoisotopic (exact) mass is 538 g/mol. The van der Waals surface area contributed by atoms with E-state index < -0.39 is 11.9 Å². The van der Waals surface area contributed by atoms with Crippen LogP contribution in [-0.4, -0.2) is 11.9 Å². The smallest absolute Gasteiger partial charge is 0.346 e. The van der Waals surface area contributed by atoms with Gasteiger partial charge in [-0.2, -0.15) is 0 Å². The van der Waals surface area contributed by atoms with Crippen LogP contribution in [0.3, 0.4) is 0 Å². The lowest BCUT2D eigenvalue weighted by molar-refractivity contribution is 0.0732. The Morgan fingerprint density at radius 1 is 0.750 bits per heavy atom. The number of thiophene rings is 4. The van der Waals surface area contributed by atoms with Gasteiger partial charge in [0, 0.05) is 20.5 Å². The van der Waals surface area contributed by atoms with Crippen LogP contribution in [0, 0.1) is 13.8 Å². The summed E-state index contributed by atoms with van der Waals surface area (Å²) >= 11 is 18.6. The summed E-state index contributed by atoms with van der Waals surface area (Å²) in [6, 6.07) is 7.04. The summed E-state index contributed by atoms with van der Waals surface area (Å²) in [5.74, 6) is -1.09. The Hall–Kier alpha value is -1.94. The molecule has 0 spiro atoms. The molecule has 32 heavy (non-hydrogen) atoms. The van der Waals surface area contributed by atoms with Crippen LogP contribution in [-0.2, 0) is 0 Å². The molecule has 5 rings (SSSR count). The molecule has 0 bridgehead atoms. The Morgan fingerprint density at radius 3 is 1.50 bits per heavy atom. The fourth-order valence-electron chi connectivity index (χ4n) is 3.39. The Balaban J connectivity index is 1.82. The van der Waals surface area contributed by atoms with Crippen LogP contribution < -0.4 is 9.47 Å². The predicted octanol–water partition coefficient (Wildman–Crippen LogP) is 8.60. The fraction of sp³-hybridized carbons (Fsp3) is 0.0909. The molecule has 0 saturated carbocycles. The number of halogens is 2. The molecule has 0 N–H and O–H groups in total. The molecule has 0 atom stereocenters. The van der Waals surface area contributed by atoms with Crippen LogP contribution in [0.2, 0.25) is 10.0 Å². The van der Waals surface area contributed by atoms with Gasteiger partial charge in [-0.15, -0.1) is 45.3 Å². The van der Waals surface area contributed by atoms with Crippen LogP contribution in [0.4, 0.5) is 0 Å². The number of fused-ring (bicyclic) bond motifs is 2. The maximum absolute atomic E-state index is 13.3. The summed E-state index contributed by atoms with van der Waals surface area (Å²) in [4.78, 5) is 28.2. The summed E-state index contributed by atoms with van der Waals surface area (Å²) in [7, 11) is 0. The molecule has 0 unspecified atom stereocenters. The molecule has 0 aliphatic carbocycles. The minimum absolute atomic E-state index is 0.311. The van der Waals surface area contributed by atoms with Gasteiger partial charge in [-0.3, -0.25) is 0 Å². The number of carbonyl (C=O) groups excluding carboxylic acids is 2. The zero-order chi connectivity index (χ0) is 22.6. The van der Waals surface area contributed by atoms with Crippen molar-refractivity contribution in [2.24, 2.45) is 0 Å². The molecule has 0 amide bonds. The molecule has 4 nitrogen and oxygen atoms in total. The average Bonchev–Trinajstić information content (AvgIpc) is 3.54. The van der Waals surface area contributed by atoms with Gasteiger partial charge in [-0.25, -0.2) is 9.59 Å². The number of rotatable bonds is 4. The van der Waals surface area contributed by atoms with Gasteiger partial charge >= 0.3 is 11.9 Å². The van der Waals surface area contributed by atoms with Gasteiger partial charge in [0.2, 0.25) is 0 Å². The lowest BCUT2D eigenvalue weighted by Crippen LogP contribution is -2.12. The largest absolute Gasteiger partial charge is 0.412 e. The maximum Gasteiger partial charge on any atom is 0.346 e. The van der Waals surface area contributed by atoms with E-state index in [-0.39, 0.29) is 0 Å². The minimum Gasteiger partial charge on any atom is -0.412 e. The molecule has 162 valence electrons. The Labute approximate surface area is 208 Å². The van der Waals surface area contributed by atoms with E-state index in [0.717, 1.165) is 9.75 Å². The number of ether oxygens (including phenoxy) is 2. The molecular weight excluding hydrogens is 527 g/mol. The van der Waals surface area contributed by atoms with Gasteiger partial charge in [-0.05, 0) is 48.9 Å². The summed E-state index contributed by atoms with van der Waals surface area (Å²) in [5.41, 5.74) is 0.621. The van der Waals surface area contributed by atoms with Crippen molar-refractivity contribution in [3.63, 3.8) is 0 Å². The van der Waals surface area contributed by atoms with Gasteiger partial charge in [-0.1, -0.05) is 23.2 Å². The number of hydrogen-bond acceptors (Lipinski definition) is 8. The molecule has 0 saturated heterocycles. The average molecular weight is 540 g/mol. The highest BCUT2D eigenvalue weighted by molar-refractivity contribution is 7.22. The van der Waals surface area contributed by atoms with Crippen molar-refractivity contribution >= 4 is 101 Å². The van der Waals surface area contributed by atoms with Crippen LogP contribution in [0.5, 0.6) is 10.1 Å². The summed E-state index contributed by atoms with van der Waals surface area (Å²) in [6.45, 7) is 3.69. The van der Waals surface area contributed by atoms with Gasteiger partial charge in [0.05, 0.1) is 30.6 Å². The molecule has 5 aromatic rings. The highest BCUT2D eigenvalue weighted by atomic mass is 35.5. The van der Waals surface area contributed by atoms with Gasteiger partial charge in [0.25, 0.3) is 0 Å². The highest BCUT2D eigenvalue weighted by Crippen LogP contribution is 2.49. The second-order valence-corrected chi connectivity index (χ2v) is 11.8. The Morgan fingerprint density at radius 2 is 1.16 bits per heavy atom. The van der Waals surface area contributed by atoms with Crippen LogP contribution in [0.1, 0.15) is 30.5 Å². The summed E-state index contributed by atoms with van der Waals surface area (Å²) < 4.78 is 12.4. The second kappa shape index (κ2) is 8.44. The van der Waals surface area contributed by atoms with Crippen molar-refractivity contribution in [3.8, 4) is 10.1 Å². The topological polar surface area (TPSA) is 52.6 Å². The molecule has 4 heterocycles. The lowest BCUT2D eigenvalue weighted by Gasteiger charge is -2.11. The third kappa shape index (κ3) is 3.55. The first-order chi connectivity index (χ1) is 15.4. The summed E-state index contributed by atoms with van der Waals surface area (Å²) in [6.07, 6.45) is 0. The van der Waals surface area contributed by atoms with Crippen LogP contribution >= 0.6 is 68.5 Å². The number of benzene rings is 1. The maximum atomic E-state index is 13.3. The van der Waals surface area contributed by atoms with Crippen LogP contribution in [0.15, 0.2) is 35.0 Å². The van der Waals surface area contributed by atoms with Crippen LogP contribution in [0.25, 0.3) is 20.2 Å². The number of hydrogen-bond donors (Lipinski definition) is 0. The number of carbonyl (C=O) groups is 2. The van der Waals surface area contributed by atoms with E-state index in [1.807, 2.05) is 24.6 Å². The first-order valence-corrected chi connectivity index (χ1v) is 13.4. The quantitative estimate of drug-likeness (QED) is 0.215. The highest BCUT2D eigenvalue weighted by Gasteiger charge is 2.31. The molecule has 0 fully saturated rings. The minimum atomic E-state index is -0.543. The standard InChI is InChI=1S/C22H12Cl2O4S4/c1-9-17(23)13-15(21(25)27-11-5-3-7-29-11)20-14(18(24)10(2)32-20)16(19(13)31-9)22(26)28-12-6-4-8-30-12/h3-8H,1-2H3. The van der Waals surface area contributed by atoms with E-state index in [1.54, 1.807) is 24.3 Å². The molecule has 1 aromatic carbocycles. The van der Waals surface area contributed by atoms with E-state index in [2.05, 4.69) is 0 Å². The van der Waals surface area contributed by atoms with Crippen molar-refractivity contribution in [3.05, 3.63) is 66.0 Å². The van der Waals surface area contributed by atoms with Crippen molar-refractivity contribution in [1.29, 1.82) is 0 Å². The first-order valence-electron chi connectivity index (χ1n) is 9.21. The van der Waals surface area contributed by atoms with E-state index in [4.69, 9.17) is 32.7 Å². The molecular formula is C22H12Cl2O4S4. The van der Waals surface area contributed by atoms with Crippen molar-refractivity contribution in [2.75, 3.05) is 0 Å².